The number of benzene rings is 2. The molecule has 0 heterocycles. The van der Waals surface area contributed by atoms with Crippen molar-refractivity contribution < 1.29 is 4.74 Å². The highest BCUT2D eigenvalue weighted by molar-refractivity contribution is 9.10. The third-order valence-corrected chi connectivity index (χ3v) is 3.30. The lowest BCUT2D eigenvalue weighted by Gasteiger charge is -2.15. The van der Waals surface area contributed by atoms with Crippen LogP contribution < -0.4 is 4.74 Å². The Morgan fingerprint density at radius 2 is 1.89 bits per heavy atom. The molecule has 0 aliphatic rings. The first-order valence-corrected chi connectivity index (χ1v) is 6.41. The van der Waals surface area contributed by atoms with E-state index in [0.29, 0.717) is 5.56 Å². The third kappa shape index (κ3) is 2.91. The van der Waals surface area contributed by atoms with Gasteiger partial charge in [0.2, 0.25) is 0 Å². The Balaban J connectivity index is 2.15. The summed E-state index contributed by atoms with van der Waals surface area (Å²) >= 11 is 3.35. The summed E-state index contributed by atoms with van der Waals surface area (Å²) in [5.74, 6) is 0.747. The number of rotatable bonds is 3. The van der Waals surface area contributed by atoms with Crippen LogP contribution in [0, 0.1) is 11.3 Å². The van der Waals surface area contributed by atoms with E-state index in [9.17, 15) is 0 Å². The second kappa shape index (κ2) is 5.70. The average Bonchev–Trinajstić information content (AvgIpc) is 2.40. The molecule has 2 aromatic carbocycles. The molecule has 0 spiro atoms. The normalized spacial score (nSPS) is 11.6. The van der Waals surface area contributed by atoms with E-state index in [-0.39, 0.29) is 6.10 Å². The number of halogens is 1. The highest BCUT2D eigenvalue weighted by Crippen LogP contribution is 2.26. The van der Waals surface area contributed by atoms with E-state index in [2.05, 4.69) is 22.0 Å². The minimum atomic E-state index is -0.0222. The van der Waals surface area contributed by atoms with Crippen LogP contribution in [0.2, 0.25) is 0 Å². The molecule has 0 N–H and O–H groups in total. The van der Waals surface area contributed by atoms with Crippen molar-refractivity contribution in [2.75, 3.05) is 0 Å². The summed E-state index contributed by atoms with van der Waals surface area (Å²) in [6.45, 7) is 2.00. The van der Waals surface area contributed by atoms with E-state index in [4.69, 9.17) is 10.00 Å². The van der Waals surface area contributed by atoms with Gasteiger partial charge in [-0.05, 0) is 46.6 Å². The van der Waals surface area contributed by atoms with E-state index < -0.39 is 0 Å². The van der Waals surface area contributed by atoms with Crippen molar-refractivity contribution in [2.24, 2.45) is 0 Å². The lowest BCUT2D eigenvalue weighted by atomic mass is 10.1. The second-order valence-electron chi connectivity index (χ2n) is 3.92. The SMILES string of the molecule is CC(Oc1ccc(C#N)c(Br)c1)c1ccccc1. The molecular weight excluding hydrogens is 290 g/mol. The van der Waals surface area contributed by atoms with Crippen LogP contribution in [0.3, 0.4) is 0 Å². The van der Waals surface area contributed by atoms with Crippen LogP contribution in [0.25, 0.3) is 0 Å². The summed E-state index contributed by atoms with van der Waals surface area (Å²) < 4.78 is 6.59. The maximum absolute atomic E-state index is 8.85. The highest BCUT2D eigenvalue weighted by Gasteiger charge is 2.08. The van der Waals surface area contributed by atoms with Crippen LogP contribution in [-0.2, 0) is 0 Å². The molecule has 3 heteroatoms. The molecule has 18 heavy (non-hydrogen) atoms. The Bertz CT molecular complexity index is 575. The van der Waals surface area contributed by atoms with Gasteiger partial charge in [-0.15, -0.1) is 0 Å². The Hall–Kier alpha value is -1.79. The molecule has 0 saturated carbocycles. The zero-order valence-corrected chi connectivity index (χ0v) is 11.5. The van der Waals surface area contributed by atoms with Crippen LogP contribution in [0.5, 0.6) is 5.75 Å². The zero-order chi connectivity index (χ0) is 13.0. The van der Waals surface area contributed by atoms with E-state index in [1.807, 2.05) is 49.4 Å². The summed E-state index contributed by atoms with van der Waals surface area (Å²) in [7, 11) is 0. The maximum atomic E-state index is 8.85. The van der Waals surface area contributed by atoms with Crippen LogP contribution >= 0.6 is 15.9 Å². The molecule has 2 nitrogen and oxygen atoms in total. The van der Waals surface area contributed by atoms with E-state index in [0.717, 1.165) is 15.8 Å². The van der Waals surface area contributed by atoms with Crippen LogP contribution in [0.4, 0.5) is 0 Å². The van der Waals surface area contributed by atoms with Crippen molar-refractivity contribution in [1.82, 2.24) is 0 Å². The van der Waals surface area contributed by atoms with Crippen molar-refractivity contribution in [2.45, 2.75) is 13.0 Å². The molecule has 0 aromatic heterocycles. The molecule has 0 aliphatic carbocycles. The fraction of sp³-hybridized carbons (Fsp3) is 0.133. The summed E-state index contributed by atoms with van der Waals surface area (Å²) in [6.07, 6.45) is -0.0222. The Morgan fingerprint density at radius 1 is 1.17 bits per heavy atom. The van der Waals surface area contributed by atoms with Crippen LogP contribution in [-0.4, -0.2) is 0 Å². The summed E-state index contributed by atoms with van der Waals surface area (Å²) in [5, 5.41) is 8.85. The van der Waals surface area contributed by atoms with Crippen molar-refractivity contribution in [3.8, 4) is 11.8 Å². The smallest absolute Gasteiger partial charge is 0.121 e. The molecule has 2 rings (SSSR count). The second-order valence-corrected chi connectivity index (χ2v) is 4.78. The topological polar surface area (TPSA) is 33.0 Å². The van der Waals surface area contributed by atoms with Crippen molar-refractivity contribution in [1.29, 1.82) is 5.26 Å². The van der Waals surface area contributed by atoms with E-state index in [1.165, 1.54) is 0 Å². The van der Waals surface area contributed by atoms with Gasteiger partial charge in [-0.3, -0.25) is 0 Å². The molecule has 0 amide bonds. The number of ether oxygens (including phenoxy) is 1. The Labute approximate surface area is 115 Å². The fourth-order valence-corrected chi connectivity index (χ4v) is 2.10. The van der Waals surface area contributed by atoms with Gasteiger partial charge in [0.1, 0.15) is 17.9 Å². The maximum Gasteiger partial charge on any atom is 0.121 e. The molecule has 1 atom stereocenters. The van der Waals surface area contributed by atoms with Gasteiger partial charge in [-0.2, -0.15) is 5.26 Å². The quantitative estimate of drug-likeness (QED) is 0.838. The predicted octanol–water partition coefficient (Wildman–Crippen LogP) is 4.46. The number of nitriles is 1. The molecule has 0 fully saturated rings. The number of hydrogen-bond acceptors (Lipinski definition) is 2. The molecule has 1 unspecified atom stereocenters. The van der Waals surface area contributed by atoms with Gasteiger partial charge >= 0.3 is 0 Å². The van der Waals surface area contributed by atoms with E-state index in [1.54, 1.807) is 6.07 Å². The molecule has 0 saturated heterocycles. The molecule has 90 valence electrons. The molecule has 0 radical (unpaired) electrons. The zero-order valence-electron chi connectivity index (χ0n) is 9.93. The van der Waals surface area contributed by atoms with Gasteiger partial charge < -0.3 is 4.74 Å². The minimum Gasteiger partial charge on any atom is -0.486 e. The molecular formula is C15H12BrNO. The van der Waals surface area contributed by atoms with E-state index >= 15 is 0 Å². The Morgan fingerprint density at radius 3 is 2.50 bits per heavy atom. The van der Waals surface area contributed by atoms with Gasteiger partial charge in [-0.25, -0.2) is 0 Å². The fourth-order valence-electron chi connectivity index (χ4n) is 1.66. The van der Waals surface area contributed by atoms with Gasteiger partial charge in [0.05, 0.1) is 5.56 Å². The average molecular weight is 302 g/mol. The lowest BCUT2D eigenvalue weighted by molar-refractivity contribution is 0.227. The first kappa shape index (κ1) is 12.7. The highest BCUT2D eigenvalue weighted by atomic mass is 79.9. The lowest BCUT2D eigenvalue weighted by Crippen LogP contribution is -2.02. The summed E-state index contributed by atoms with van der Waals surface area (Å²) in [4.78, 5) is 0. The molecule has 0 bridgehead atoms. The summed E-state index contributed by atoms with van der Waals surface area (Å²) in [6, 6.07) is 17.5. The molecule has 0 aliphatic heterocycles. The first-order chi connectivity index (χ1) is 8.70. The van der Waals surface area contributed by atoms with Crippen molar-refractivity contribution in [3.63, 3.8) is 0 Å². The predicted molar refractivity (Wildman–Crippen MR) is 74.3 cm³/mol. The van der Waals surface area contributed by atoms with Gasteiger partial charge in [-0.1, -0.05) is 30.3 Å². The number of nitrogens with zero attached hydrogens (tertiary/aromatic N) is 1. The van der Waals surface area contributed by atoms with Crippen LogP contribution in [0.1, 0.15) is 24.2 Å². The van der Waals surface area contributed by atoms with Crippen molar-refractivity contribution >= 4 is 15.9 Å². The van der Waals surface area contributed by atoms with Gasteiger partial charge in [0.25, 0.3) is 0 Å². The van der Waals surface area contributed by atoms with Crippen LogP contribution in [0.15, 0.2) is 53.0 Å². The number of hydrogen-bond donors (Lipinski definition) is 0. The summed E-state index contributed by atoms with van der Waals surface area (Å²) in [5.41, 5.74) is 1.73. The Kier molecular flexibility index (Phi) is 4.01. The monoisotopic (exact) mass is 301 g/mol. The van der Waals surface area contributed by atoms with Gasteiger partial charge in [0, 0.05) is 4.47 Å². The van der Waals surface area contributed by atoms with Crippen molar-refractivity contribution in [3.05, 3.63) is 64.1 Å². The first-order valence-electron chi connectivity index (χ1n) is 5.62. The third-order valence-electron chi connectivity index (χ3n) is 2.64. The largest absolute Gasteiger partial charge is 0.486 e. The van der Waals surface area contributed by atoms with Gasteiger partial charge in [0.15, 0.2) is 0 Å². The standard InChI is InChI=1S/C15H12BrNO/c1-11(12-5-3-2-4-6-12)18-14-8-7-13(10-17)15(16)9-14/h2-9,11H,1H3. The molecule has 2 aromatic rings. The minimum absolute atomic E-state index is 0.0222.